The van der Waals surface area contributed by atoms with Crippen LogP contribution in [0, 0.1) is 6.92 Å². The summed E-state index contributed by atoms with van der Waals surface area (Å²) < 4.78 is 5.54. The highest BCUT2D eigenvalue weighted by Crippen LogP contribution is 2.25. The minimum atomic E-state index is -0.0834. The number of carbonyl (C=O) groups is 1. The molecule has 0 spiro atoms. The Morgan fingerprint density at radius 1 is 1.27 bits per heavy atom. The summed E-state index contributed by atoms with van der Waals surface area (Å²) in [6, 6.07) is 9.56. The molecule has 0 atom stereocenters. The first-order valence-electron chi connectivity index (χ1n) is 6.76. The van der Waals surface area contributed by atoms with E-state index in [4.69, 9.17) is 4.42 Å². The van der Waals surface area contributed by atoms with Gasteiger partial charge in [0, 0.05) is 0 Å². The van der Waals surface area contributed by atoms with Gasteiger partial charge in [0.25, 0.3) is 5.89 Å². The van der Waals surface area contributed by atoms with Crippen molar-refractivity contribution >= 4 is 17.2 Å². The van der Waals surface area contributed by atoms with E-state index in [-0.39, 0.29) is 12.5 Å². The van der Waals surface area contributed by atoms with Crippen molar-refractivity contribution in [3.05, 3.63) is 53.0 Å². The van der Waals surface area contributed by atoms with Crippen LogP contribution in [0.25, 0.3) is 10.8 Å². The molecule has 0 radical (unpaired) electrons. The number of nitrogens with zero attached hydrogens (tertiary/aromatic N) is 3. The summed E-state index contributed by atoms with van der Waals surface area (Å²) >= 11 is 1.45. The van der Waals surface area contributed by atoms with E-state index in [1.165, 1.54) is 11.3 Å². The molecule has 0 fully saturated rings. The van der Waals surface area contributed by atoms with Crippen LogP contribution in [0.2, 0.25) is 0 Å². The number of rotatable bonds is 5. The van der Waals surface area contributed by atoms with E-state index in [0.717, 1.165) is 16.1 Å². The molecule has 2 heterocycles. The Morgan fingerprint density at radius 3 is 2.82 bits per heavy atom. The Balaban J connectivity index is 1.57. The third-order valence-electron chi connectivity index (χ3n) is 3.05. The van der Waals surface area contributed by atoms with Crippen LogP contribution in [0.4, 0.5) is 0 Å². The second-order valence-electron chi connectivity index (χ2n) is 4.71. The Kier molecular flexibility index (Phi) is 4.24. The van der Waals surface area contributed by atoms with Gasteiger partial charge in [-0.3, -0.25) is 4.79 Å². The third-order valence-corrected chi connectivity index (χ3v) is 3.97. The van der Waals surface area contributed by atoms with E-state index in [2.05, 4.69) is 20.5 Å². The predicted molar refractivity (Wildman–Crippen MR) is 82.1 cm³/mol. The van der Waals surface area contributed by atoms with Crippen molar-refractivity contribution in [1.29, 1.82) is 0 Å². The molecule has 3 rings (SSSR count). The average Bonchev–Trinajstić information content (AvgIpc) is 3.14. The van der Waals surface area contributed by atoms with Crippen LogP contribution in [0.1, 0.15) is 17.1 Å². The smallest absolute Gasteiger partial charge is 0.259 e. The quantitative estimate of drug-likeness (QED) is 0.782. The lowest BCUT2D eigenvalue weighted by Gasteiger charge is -2.02. The first-order valence-corrected chi connectivity index (χ1v) is 7.64. The number of carbonyl (C=O) groups excluding carboxylic acids is 1. The van der Waals surface area contributed by atoms with Crippen LogP contribution in [-0.4, -0.2) is 21.1 Å². The lowest BCUT2D eigenvalue weighted by atomic mass is 10.1. The predicted octanol–water partition coefficient (Wildman–Crippen LogP) is 2.36. The summed E-state index contributed by atoms with van der Waals surface area (Å²) in [6.07, 6.45) is 0.329. The van der Waals surface area contributed by atoms with Gasteiger partial charge in [0.1, 0.15) is 4.88 Å². The molecule has 3 aromatic rings. The third kappa shape index (κ3) is 3.37. The highest BCUT2D eigenvalue weighted by Gasteiger charge is 2.13. The Labute approximate surface area is 131 Å². The van der Waals surface area contributed by atoms with E-state index in [1.54, 1.807) is 5.51 Å². The molecule has 0 unspecified atom stereocenters. The fourth-order valence-corrected chi connectivity index (χ4v) is 2.66. The van der Waals surface area contributed by atoms with Crippen LogP contribution < -0.4 is 5.32 Å². The summed E-state index contributed by atoms with van der Waals surface area (Å²) in [6.45, 7) is 2.11. The molecular formula is C15H14N4O2S. The SMILES string of the molecule is Cc1ncsc1-c1nnc(CNC(=O)Cc2ccccc2)o1. The minimum Gasteiger partial charge on any atom is -0.418 e. The van der Waals surface area contributed by atoms with Gasteiger partial charge >= 0.3 is 0 Å². The molecule has 1 aromatic carbocycles. The van der Waals surface area contributed by atoms with Crippen molar-refractivity contribution in [2.24, 2.45) is 0 Å². The number of aryl methyl sites for hydroxylation is 1. The molecule has 0 bridgehead atoms. The Morgan fingerprint density at radius 2 is 2.09 bits per heavy atom. The van der Waals surface area contributed by atoms with Gasteiger partial charge < -0.3 is 9.73 Å². The molecule has 0 aliphatic heterocycles. The van der Waals surface area contributed by atoms with E-state index in [9.17, 15) is 4.79 Å². The lowest BCUT2D eigenvalue weighted by Crippen LogP contribution is -2.24. The highest BCUT2D eigenvalue weighted by molar-refractivity contribution is 7.13. The zero-order valence-electron chi connectivity index (χ0n) is 11.9. The number of benzene rings is 1. The van der Waals surface area contributed by atoms with Crippen molar-refractivity contribution in [2.75, 3.05) is 0 Å². The van der Waals surface area contributed by atoms with Crippen LogP contribution in [0.3, 0.4) is 0 Å². The molecule has 22 heavy (non-hydrogen) atoms. The zero-order valence-corrected chi connectivity index (χ0v) is 12.8. The van der Waals surface area contributed by atoms with Gasteiger partial charge in [0.05, 0.1) is 24.2 Å². The first kappa shape index (κ1) is 14.4. The number of thiazole rings is 1. The van der Waals surface area contributed by atoms with Crippen LogP contribution in [0.5, 0.6) is 0 Å². The van der Waals surface area contributed by atoms with Crippen molar-refractivity contribution in [3.8, 4) is 10.8 Å². The standard InChI is InChI=1S/C15H14N4O2S/c1-10-14(22-9-17-10)15-19-18-13(21-15)8-16-12(20)7-11-5-3-2-4-6-11/h2-6,9H,7-8H2,1H3,(H,16,20). The van der Waals surface area contributed by atoms with Gasteiger partial charge in [-0.05, 0) is 12.5 Å². The molecule has 7 heteroatoms. The molecule has 1 N–H and O–H groups in total. The fourth-order valence-electron chi connectivity index (χ4n) is 1.94. The molecular weight excluding hydrogens is 300 g/mol. The molecule has 0 aliphatic rings. The van der Waals surface area contributed by atoms with Crippen molar-refractivity contribution in [1.82, 2.24) is 20.5 Å². The van der Waals surface area contributed by atoms with Gasteiger partial charge in [-0.25, -0.2) is 4.98 Å². The normalized spacial score (nSPS) is 10.6. The summed E-state index contributed by atoms with van der Waals surface area (Å²) in [5.41, 5.74) is 3.55. The van der Waals surface area contributed by atoms with Crippen molar-refractivity contribution in [2.45, 2.75) is 19.9 Å². The molecule has 0 saturated carbocycles. The van der Waals surface area contributed by atoms with Gasteiger partial charge in [-0.2, -0.15) is 0 Å². The van der Waals surface area contributed by atoms with Gasteiger partial charge in [-0.15, -0.1) is 21.5 Å². The molecule has 112 valence electrons. The van der Waals surface area contributed by atoms with Gasteiger partial charge in [0.15, 0.2) is 0 Å². The maximum atomic E-state index is 11.9. The molecule has 0 saturated heterocycles. The minimum absolute atomic E-state index is 0.0834. The first-order chi connectivity index (χ1) is 10.7. The average molecular weight is 314 g/mol. The van der Waals surface area contributed by atoms with E-state index in [1.807, 2.05) is 37.3 Å². The van der Waals surface area contributed by atoms with Gasteiger partial charge in [0.2, 0.25) is 11.8 Å². The molecule has 2 aromatic heterocycles. The van der Waals surface area contributed by atoms with Crippen LogP contribution in [-0.2, 0) is 17.8 Å². The summed E-state index contributed by atoms with van der Waals surface area (Å²) in [5.74, 6) is 0.733. The fraction of sp³-hybridized carbons (Fsp3) is 0.200. The molecule has 6 nitrogen and oxygen atoms in total. The summed E-state index contributed by atoms with van der Waals surface area (Å²) in [5, 5.41) is 10.7. The zero-order chi connectivity index (χ0) is 15.4. The maximum absolute atomic E-state index is 11.9. The monoisotopic (exact) mass is 314 g/mol. The highest BCUT2D eigenvalue weighted by atomic mass is 32.1. The maximum Gasteiger partial charge on any atom is 0.259 e. The Bertz CT molecular complexity index is 767. The summed E-state index contributed by atoms with van der Waals surface area (Å²) in [4.78, 5) is 16.9. The summed E-state index contributed by atoms with van der Waals surface area (Å²) in [7, 11) is 0. The van der Waals surface area contributed by atoms with Crippen molar-refractivity contribution in [3.63, 3.8) is 0 Å². The van der Waals surface area contributed by atoms with Crippen LogP contribution >= 0.6 is 11.3 Å². The van der Waals surface area contributed by atoms with E-state index in [0.29, 0.717) is 18.2 Å². The lowest BCUT2D eigenvalue weighted by molar-refractivity contribution is -0.120. The number of amides is 1. The topological polar surface area (TPSA) is 80.9 Å². The second-order valence-corrected chi connectivity index (χ2v) is 5.56. The number of aromatic nitrogens is 3. The largest absolute Gasteiger partial charge is 0.418 e. The van der Waals surface area contributed by atoms with Crippen LogP contribution in [0.15, 0.2) is 40.3 Å². The van der Waals surface area contributed by atoms with Gasteiger partial charge in [-0.1, -0.05) is 30.3 Å². The second kappa shape index (κ2) is 6.48. The Hall–Kier alpha value is -2.54. The molecule has 0 aliphatic carbocycles. The number of hydrogen-bond donors (Lipinski definition) is 1. The van der Waals surface area contributed by atoms with E-state index < -0.39 is 0 Å². The molecule has 1 amide bonds. The van der Waals surface area contributed by atoms with Crippen molar-refractivity contribution < 1.29 is 9.21 Å². The number of nitrogens with one attached hydrogen (secondary N) is 1. The number of hydrogen-bond acceptors (Lipinski definition) is 6. The van der Waals surface area contributed by atoms with E-state index >= 15 is 0 Å².